The molecule has 1 aliphatic rings. The third-order valence-electron chi connectivity index (χ3n) is 4.30. The Hall–Kier alpha value is -1.75. The van der Waals surface area contributed by atoms with Crippen molar-refractivity contribution in [3.63, 3.8) is 0 Å². The molecule has 5 nitrogen and oxygen atoms in total. The maximum atomic E-state index is 12.4. The van der Waals surface area contributed by atoms with Crippen molar-refractivity contribution in [3.05, 3.63) is 23.8 Å². The number of ether oxygens (including phenoxy) is 2. The summed E-state index contributed by atoms with van der Waals surface area (Å²) in [5, 5.41) is 6.33. The highest BCUT2D eigenvalue weighted by molar-refractivity contribution is 5.83. The average molecular weight is 292 g/mol. The predicted molar refractivity (Wildman–Crippen MR) is 81.6 cm³/mol. The lowest BCUT2D eigenvalue weighted by molar-refractivity contribution is -0.130. The molecule has 1 atom stereocenters. The van der Waals surface area contributed by atoms with E-state index in [1.807, 2.05) is 18.2 Å². The maximum Gasteiger partial charge on any atom is 0.227 e. The van der Waals surface area contributed by atoms with Gasteiger partial charge >= 0.3 is 0 Å². The van der Waals surface area contributed by atoms with Crippen LogP contribution < -0.4 is 20.1 Å². The average Bonchev–Trinajstić information content (AvgIpc) is 3.02. The molecule has 5 heteroatoms. The highest BCUT2D eigenvalue weighted by Crippen LogP contribution is 2.30. The highest BCUT2D eigenvalue weighted by atomic mass is 16.5. The molecule has 1 amide bonds. The molecule has 21 heavy (non-hydrogen) atoms. The van der Waals surface area contributed by atoms with Gasteiger partial charge in [-0.1, -0.05) is 13.0 Å². The normalized spacial score (nSPS) is 21.1. The first-order chi connectivity index (χ1) is 10.1. The molecule has 1 aromatic rings. The number of benzene rings is 1. The SMILES string of the molecule is CCC1(C(=O)NCc2ccc(OC)c(OC)c2)CCNC1. The van der Waals surface area contributed by atoms with Gasteiger partial charge in [0.15, 0.2) is 11.5 Å². The van der Waals surface area contributed by atoms with Crippen molar-refractivity contribution in [3.8, 4) is 11.5 Å². The summed E-state index contributed by atoms with van der Waals surface area (Å²) in [5.74, 6) is 1.50. The molecule has 1 unspecified atom stereocenters. The minimum Gasteiger partial charge on any atom is -0.493 e. The van der Waals surface area contributed by atoms with Gasteiger partial charge in [0.2, 0.25) is 5.91 Å². The Morgan fingerprint density at radius 1 is 1.33 bits per heavy atom. The van der Waals surface area contributed by atoms with Gasteiger partial charge in [0.05, 0.1) is 19.6 Å². The molecule has 1 aromatic carbocycles. The molecule has 0 aromatic heterocycles. The van der Waals surface area contributed by atoms with Crippen molar-refractivity contribution in [1.82, 2.24) is 10.6 Å². The molecule has 1 saturated heterocycles. The van der Waals surface area contributed by atoms with Gasteiger partial charge in [0.25, 0.3) is 0 Å². The van der Waals surface area contributed by atoms with Gasteiger partial charge < -0.3 is 20.1 Å². The smallest absolute Gasteiger partial charge is 0.227 e. The number of hydrogen-bond acceptors (Lipinski definition) is 4. The molecule has 0 saturated carbocycles. The van der Waals surface area contributed by atoms with Crippen molar-refractivity contribution < 1.29 is 14.3 Å². The summed E-state index contributed by atoms with van der Waals surface area (Å²) >= 11 is 0. The van der Waals surface area contributed by atoms with E-state index in [-0.39, 0.29) is 11.3 Å². The summed E-state index contributed by atoms with van der Waals surface area (Å²) in [4.78, 5) is 12.4. The first-order valence-corrected chi connectivity index (χ1v) is 7.35. The van der Waals surface area contributed by atoms with Crippen LogP contribution in [0.3, 0.4) is 0 Å². The van der Waals surface area contributed by atoms with Crippen LogP contribution in [0, 0.1) is 5.41 Å². The third-order valence-corrected chi connectivity index (χ3v) is 4.30. The van der Waals surface area contributed by atoms with Crippen LogP contribution in [-0.2, 0) is 11.3 Å². The van der Waals surface area contributed by atoms with Crippen LogP contribution in [0.2, 0.25) is 0 Å². The van der Waals surface area contributed by atoms with Gasteiger partial charge in [-0.25, -0.2) is 0 Å². The fourth-order valence-electron chi connectivity index (χ4n) is 2.76. The molecule has 0 aliphatic carbocycles. The largest absolute Gasteiger partial charge is 0.493 e. The Bertz CT molecular complexity index is 496. The van der Waals surface area contributed by atoms with Crippen molar-refractivity contribution in [2.24, 2.45) is 5.41 Å². The van der Waals surface area contributed by atoms with E-state index in [1.54, 1.807) is 14.2 Å². The molecule has 0 radical (unpaired) electrons. The van der Waals surface area contributed by atoms with Gasteiger partial charge in [-0.05, 0) is 37.1 Å². The Balaban J connectivity index is 2.01. The van der Waals surface area contributed by atoms with Gasteiger partial charge in [-0.2, -0.15) is 0 Å². The molecule has 116 valence electrons. The van der Waals surface area contributed by atoms with Crippen LogP contribution in [0.4, 0.5) is 0 Å². The molecular formula is C16H24N2O3. The zero-order chi connectivity index (χ0) is 15.3. The molecule has 2 N–H and O–H groups in total. The fourth-order valence-corrected chi connectivity index (χ4v) is 2.76. The summed E-state index contributed by atoms with van der Waals surface area (Å²) in [6, 6.07) is 5.69. The Labute approximate surface area is 126 Å². The summed E-state index contributed by atoms with van der Waals surface area (Å²) in [5.41, 5.74) is 0.745. The monoisotopic (exact) mass is 292 g/mol. The highest BCUT2D eigenvalue weighted by Gasteiger charge is 2.39. The number of hydrogen-bond donors (Lipinski definition) is 2. The summed E-state index contributed by atoms with van der Waals surface area (Å²) in [7, 11) is 3.22. The van der Waals surface area contributed by atoms with E-state index in [9.17, 15) is 4.79 Å². The van der Waals surface area contributed by atoms with E-state index >= 15 is 0 Å². The lowest BCUT2D eigenvalue weighted by Gasteiger charge is -2.25. The van der Waals surface area contributed by atoms with Crippen LogP contribution >= 0.6 is 0 Å². The Morgan fingerprint density at radius 2 is 2.10 bits per heavy atom. The van der Waals surface area contributed by atoms with Crippen molar-refractivity contribution in [2.75, 3.05) is 27.3 Å². The van der Waals surface area contributed by atoms with Crippen molar-refractivity contribution >= 4 is 5.91 Å². The van der Waals surface area contributed by atoms with Gasteiger partial charge in [0, 0.05) is 13.1 Å². The van der Waals surface area contributed by atoms with Crippen LogP contribution in [0.25, 0.3) is 0 Å². The van der Waals surface area contributed by atoms with Gasteiger partial charge in [-0.3, -0.25) is 4.79 Å². The van der Waals surface area contributed by atoms with E-state index in [0.29, 0.717) is 18.0 Å². The molecule has 1 aliphatic heterocycles. The number of nitrogens with one attached hydrogen (secondary N) is 2. The predicted octanol–water partition coefficient (Wildman–Crippen LogP) is 1.71. The number of rotatable bonds is 6. The summed E-state index contributed by atoms with van der Waals surface area (Å²) < 4.78 is 10.5. The van der Waals surface area contributed by atoms with Gasteiger partial charge in [-0.15, -0.1) is 0 Å². The van der Waals surface area contributed by atoms with Crippen LogP contribution in [0.5, 0.6) is 11.5 Å². The molecule has 1 fully saturated rings. The van der Waals surface area contributed by atoms with Crippen molar-refractivity contribution in [1.29, 1.82) is 0 Å². The lowest BCUT2D eigenvalue weighted by atomic mass is 9.83. The molecular weight excluding hydrogens is 268 g/mol. The molecule has 2 rings (SSSR count). The van der Waals surface area contributed by atoms with Crippen LogP contribution in [0.1, 0.15) is 25.3 Å². The quantitative estimate of drug-likeness (QED) is 0.838. The van der Waals surface area contributed by atoms with E-state index in [4.69, 9.17) is 9.47 Å². The second-order valence-electron chi connectivity index (χ2n) is 5.43. The first-order valence-electron chi connectivity index (χ1n) is 7.35. The number of carbonyl (C=O) groups is 1. The summed E-state index contributed by atoms with van der Waals surface area (Å²) in [6.07, 6.45) is 1.76. The molecule has 0 bridgehead atoms. The van der Waals surface area contributed by atoms with Gasteiger partial charge in [0.1, 0.15) is 0 Å². The first kappa shape index (κ1) is 15.6. The third kappa shape index (κ3) is 3.29. The van der Waals surface area contributed by atoms with Crippen molar-refractivity contribution in [2.45, 2.75) is 26.3 Å². The zero-order valence-electron chi connectivity index (χ0n) is 13.0. The molecule has 0 spiro atoms. The van der Waals surface area contributed by atoms with E-state index in [1.165, 1.54) is 0 Å². The van der Waals surface area contributed by atoms with Crippen LogP contribution in [0.15, 0.2) is 18.2 Å². The number of carbonyl (C=O) groups excluding carboxylic acids is 1. The zero-order valence-corrected chi connectivity index (χ0v) is 13.0. The van der Waals surface area contributed by atoms with E-state index in [0.717, 1.165) is 31.5 Å². The van der Waals surface area contributed by atoms with Crippen LogP contribution in [-0.4, -0.2) is 33.2 Å². The second kappa shape index (κ2) is 6.80. The number of amides is 1. The summed E-state index contributed by atoms with van der Waals surface area (Å²) in [6.45, 7) is 4.25. The minimum absolute atomic E-state index is 0.129. The Morgan fingerprint density at radius 3 is 2.67 bits per heavy atom. The van der Waals surface area contributed by atoms with E-state index in [2.05, 4.69) is 17.6 Å². The minimum atomic E-state index is -0.253. The topological polar surface area (TPSA) is 59.6 Å². The standard InChI is InChI=1S/C16H24N2O3/c1-4-16(7-8-17-11-16)15(19)18-10-12-5-6-13(20-2)14(9-12)21-3/h5-6,9,17H,4,7-8,10-11H2,1-3H3,(H,18,19). The number of methoxy groups -OCH3 is 2. The second-order valence-corrected chi connectivity index (χ2v) is 5.43. The fraction of sp³-hybridized carbons (Fsp3) is 0.562. The lowest BCUT2D eigenvalue weighted by Crippen LogP contribution is -2.41. The van der Waals surface area contributed by atoms with E-state index < -0.39 is 0 Å². The Kier molecular flexibility index (Phi) is 5.07. The maximum absolute atomic E-state index is 12.4. The molecule has 1 heterocycles.